The summed E-state index contributed by atoms with van der Waals surface area (Å²) in [4.78, 5) is 8.07. The van der Waals surface area contributed by atoms with Crippen molar-refractivity contribution >= 4 is 28.7 Å². The third-order valence-corrected chi connectivity index (χ3v) is 18.9. The summed E-state index contributed by atoms with van der Waals surface area (Å²) in [6, 6.07) is 43.4. The van der Waals surface area contributed by atoms with Crippen molar-refractivity contribution in [2.75, 3.05) is 0 Å². The van der Waals surface area contributed by atoms with Crippen LogP contribution < -0.4 is 0 Å². The van der Waals surface area contributed by atoms with Gasteiger partial charge in [0, 0.05) is 67.4 Å². The molecule has 1 aromatic heterocycles. The van der Waals surface area contributed by atoms with Gasteiger partial charge >= 0.3 is 0 Å². The summed E-state index contributed by atoms with van der Waals surface area (Å²) in [6.07, 6.45) is 56.9. The van der Waals surface area contributed by atoms with Crippen molar-refractivity contribution < 1.29 is 0 Å². The van der Waals surface area contributed by atoms with Gasteiger partial charge < -0.3 is 14.4 Å². The Morgan fingerprint density at radius 1 is 0.607 bits per heavy atom. The van der Waals surface area contributed by atoms with E-state index in [9.17, 15) is 0 Å². The molecule has 4 heteroatoms. The Balaban J connectivity index is 0.000000935. The first-order valence-electron chi connectivity index (χ1n) is 30.8. The molecule has 6 aliphatic carbocycles. The Morgan fingerprint density at radius 3 is 2.20 bits per heavy atom. The number of hydrogen-bond acceptors (Lipinski definition) is 3. The predicted molar refractivity (Wildman–Crippen MR) is 361 cm³/mol. The van der Waals surface area contributed by atoms with Crippen molar-refractivity contribution in [3.63, 3.8) is 0 Å². The molecule has 0 amide bonds. The van der Waals surface area contributed by atoms with Crippen LogP contribution >= 0.6 is 11.8 Å². The molecule has 2 unspecified atom stereocenters. The molecule has 6 aromatic rings. The van der Waals surface area contributed by atoms with E-state index < -0.39 is 0 Å². The van der Waals surface area contributed by atoms with Crippen molar-refractivity contribution in [1.29, 1.82) is 0 Å². The van der Waals surface area contributed by atoms with Crippen LogP contribution in [-0.4, -0.2) is 26.5 Å². The maximum atomic E-state index is 4.87. The second kappa shape index (κ2) is 26.1. The van der Waals surface area contributed by atoms with Crippen LogP contribution in [0.25, 0.3) is 44.9 Å². The molecule has 420 valence electrons. The predicted octanol–water partition coefficient (Wildman–Crippen LogP) is 21.4. The van der Waals surface area contributed by atoms with E-state index in [2.05, 4.69) is 235 Å². The maximum Gasteiger partial charge on any atom is 0.0577 e. The molecule has 2 atom stereocenters. The number of rotatable bonds is 12. The summed E-state index contributed by atoms with van der Waals surface area (Å²) in [5.41, 5.74) is 25.7. The summed E-state index contributed by atoms with van der Waals surface area (Å²) in [7, 11) is 0. The van der Waals surface area contributed by atoms with E-state index in [-0.39, 0.29) is 12.1 Å². The lowest BCUT2D eigenvalue weighted by molar-refractivity contribution is 0.295. The lowest BCUT2D eigenvalue weighted by Gasteiger charge is -2.42. The van der Waals surface area contributed by atoms with Gasteiger partial charge in [-0.2, -0.15) is 0 Å². The summed E-state index contributed by atoms with van der Waals surface area (Å²) in [5.74, 6) is 0. The Bertz CT molecular complexity index is 3930. The number of allylic oxidation sites excluding steroid dienone is 22. The van der Waals surface area contributed by atoms with E-state index in [1.807, 2.05) is 43.0 Å². The molecule has 2 heterocycles. The lowest BCUT2D eigenvalue weighted by atomic mass is 9.87. The van der Waals surface area contributed by atoms with Crippen molar-refractivity contribution in [3.05, 3.63) is 316 Å². The van der Waals surface area contributed by atoms with Crippen LogP contribution in [0.5, 0.6) is 0 Å². The Hall–Kier alpha value is -8.31. The van der Waals surface area contributed by atoms with Gasteiger partial charge in [0.2, 0.25) is 0 Å². The molecule has 84 heavy (non-hydrogen) atoms. The fourth-order valence-corrected chi connectivity index (χ4v) is 14.7. The molecule has 0 saturated heterocycles. The highest BCUT2D eigenvalue weighted by Crippen LogP contribution is 2.46. The van der Waals surface area contributed by atoms with Crippen LogP contribution in [0.1, 0.15) is 106 Å². The second-order valence-corrected chi connectivity index (χ2v) is 24.3. The number of benzene rings is 5. The largest absolute Gasteiger partial charge is 0.342 e. The SMILES string of the molecule is C=C/C=C\C=C/C.C=C1Sc2cc(-c3ccc(C)c(-c4ccccc4C)c3)ccc2CC(N(C2=CCCC(N(C3=CCCC=C3)C3C=Cc4c(n(-c5ccccc5)c5ccccc45)C3)=C2)C2=CC=C(C3=CC=CCC3)CC2)CC2=C1CCC=C2. The molecule has 0 radical (unpaired) electrons. The molecule has 0 bridgehead atoms. The average Bonchev–Trinajstić information content (AvgIpc) is 2.32. The van der Waals surface area contributed by atoms with Crippen LogP contribution in [-0.2, 0) is 12.8 Å². The first kappa shape index (κ1) is 56.2. The molecular weight excluding hydrogens is 1030 g/mol. The third kappa shape index (κ3) is 12.1. The van der Waals surface area contributed by atoms with Crippen LogP contribution in [0, 0.1) is 13.8 Å². The van der Waals surface area contributed by atoms with Crippen molar-refractivity contribution in [2.24, 2.45) is 0 Å². The zero-order valence-corrected chi connectivity index (χ0v) is 50.3. The molecule has 0 saturated carbocycles. The topological polar surface area (TPSA) is 11.4 Å². The maximum absolute atomic E-state index is 4.87. The van der Waals surface area contributed by atoms with Gasteiger partial charge in [0.25, 0.3) is 0 Å². The first-order valence-corrected chi connectivity index (χ1v) is 31.6. The van der Waals surface area contributed by atoms with Gasteiger partial charge in [-0.3, -0.25) is 0 Å². The summed E-state index contributed by atoms with van der Waals surface area (Å²) >= 11 is 1.90. The number of hydrogen-bond donors (Lipinski definition) is 0. The zero-order chi connectivity index (χ0) is 57.4. The van der Waals surface area contributed by atoms with Gasteiger partial charge in [0.05, 0.1) is 11.6 Å². The zero-order valence-electron chi connectivity index (χ0n) is 49.5. The van der Waals surface area contributed by atoms with Crippen LogP contribution in [0.15, 0.2) is 293 Å². The molecule has 3 nitrogen and oxygen atoms in total. The van der Waals surface area contributed by atoms with Crippen molar-refractivity contribution in [2.45, 2.75) is 121 Å². The van der Waals surface area contributed by atoms with E-state index in [0.717, 1.165) is 83.5 Å². The summed E-state index contributed by atoms with van der Waals surface area (Å²) < 4.78 is 2.53. The standard InChI is InChI=1S/C73H69N3S.C7H10/c1-50-20-13-15-30-66(50)70-46-55(35-34-51(70)2)56-36-37-58-45-65(44-57-23-14-16-31-67(57)52(3)77-73(58)47-56)75(61-40-38-54(39-41-61)53-21-7-4-8-22-53)63-29-19-28-62(48-63)74(59-24-9-5-10-25-59)64-42-43-69-68-32-17-18-33-71(68)76(72(69)49-64)60-26-11-6-12-27-60;1-3-5-7-6-4-2/h4,6-7,9,11-15,17-18,20-21,23-27,29-30,32-38,40,42-43,46-48,64-65H,3,5,8,10,16,19,22,28,31,39,41,44-45,49H2,1-2H3;3-7H,1H2,2H3/b;6-4-,7-5-. The van der Waals surface area contributed by atoms with Crippen LogP contribution in [0.2, 0.25) is 0 Å². The fraction of sp³-hybridized carbons (Fsp3) is 0.225. The highest BCUT2D eigenvalue weighted by atomic mass is 32.2. The molecule has 13 rings (SSSR count). The van der Waals surface area contributed by atoms with E-state index in [1.54, 1.807) is 6.08 Å². The van der Waals surface area contributed by atoms with Gasteiger partial charge in [-0.25, -0.2) is 0 Å². The minimum atomic E-state index is 0.148. The Kier molecular flexibility index (Phi) is 17.4. The minimum absolute atomic E-state index is 0.148. The normalized spacial score (nSPS) is 19.3. The monoisotopic (exact) mass is 1110 g/mol. The molecule has 0 N–H and O–H groups in total. The number of thioether (sulfide) groups is 1. The second-order valence-electron chi connectivity index (χ2n) is 23.2. The molecular formula is C80H79N3S. The third-order valence-electron chi connectivity index (χ3n) is 17.8. The number of aromatic nitrogens is 1. The van der Waals surface area contributed by atoms with Crippen LogP contribution in [0.3, 0.4) is 0 Å². The van der Waals surface area contributed by atoms with Gasteiger partial charge in [0.1, 0.15) is 0 Å². The first-order chi connectivity index (χ1) is 41.3. The van der Waals surface area contributed by atoms with E-state index in [1.165, 1.54) is 122 Å². The van der Waals surface area contributed by atoms with Gasteiger partial charge in [-0.1, -0.05) is 207 Å². The highest BCUT2D eigenvalue weighted by molar-refractivity contribution is 8.03. The van der Waals surface area contributed by atoms with E-state index >= 15 is 0 Å². The number of para-hydroxylation sites is 2. The Labute approximate surface area is 505 Å². The highest BCUT2D eigenvalue weighted by Gasteiger charge is 2.34. The molecule has 0 spiro atoms. The van der Waals surface area contributed by atoms with Crippen molar-refractivity contribution in [1.82, 2.24) is 14.4 Å². The van der Waals surface area contributed by atoms with Crippen molar-refractivity contribution in [3.8, 4) is 27.9 Å². The van der Waals surface area contributed by atoms with Gasteiger partial charge in [0.15, 0.2) is 0 Å². The lowest BCUT2D eigenvalue weighted by Crippen LogP contribution is -2.39. The number of fused-ring (bicyclic) bond motifs is 4. The molecule has 1 aliphatic heterocycles. The summed E-state index contributed by atoms with van der Waals surface area (Å²) in [6.45, 7) is 14.8. The van der Waals surface area contributed by atoms with Gasteiger partial charge in [-0.15, -0.1) is 0 Å². The average molecular weight is 1110 g/mol. The minimum Gasteiger partial charge on any atom is -0.342 e. The van der Waals surface area contributed by atoms with E-state index in [4.69, 9.17) is 6.58 Å². The van der Waals surface area contributed by atoms with E-state index in [0.29, 0.717) is 0 Å². The quantitative estimate of drug-likeness (QED) is 0.113. The van der Waals surface area contributed by atoms with Crippen LogP contribution in [0.4, 0.5) is 0 Å². The number of nitrogens with zero attached hydrogens (tertiary/aromatic N) is 3. The number of aryl methyl sites for hydroxylation is 2. The molecule has 7 aliphatic rings. The smallest absolute Gasteiger partial charge is 0.0577 e. The van der Waals surface area contributed by atoms with Gasteiger partial charge in [-0.05, 0) is 208 Å². The molecule has 5 aromatic carbocycles. The Morgan fingerprint density at radius 2 is 1.39 bits per heavy atom. The fourth-order valence-electron chi connectivity index (χ4n) is 13.6. The summed E-state index contributed by atoms with van der Waals surface area (Å²) in [5, 5.41) is 1.32. The molecule has 0 fully saturated rings.